The topological polar surface area (TPSA) is 84.4 Å². The molecule has 134 valence electrons. The van der Waals surface area contributed by atoms with Crippen LogP contribution in [0.15, 0.2) is 57.6 Å². The summed E-state index contributed by atoms with van der Waals surface area (Å²) in [6.07, 6.45) is 4.93. The Balaban J connectivity index is 1.60. The third kappa shape index (κ3) is 3.46. The number of benzene rings is 1. The van der Waals surface area contributed by atoms with Crippen LogP contribution in [0, 0.1) is 0 Å². The van der Waals surface area contributed by atoms with Crippen molar-refractivity contribution in [3.05, 3.63) is 65.9 Å². The lowest BCUT2D eigenvalue weighted by atomic mass is 10.1. The number of amides is 1. The van der Waals surface area contributed by atoms with Gasteiger partial charge in [0.2, 0.25) is 5.89 Å². The van der Waals surface area contributed by atoms with Crippen LogP contribution in [0.2, 0.25) is 0 Å². The lowest BCUT2D eigenvalue weighted by Crippen LogP contribution is -2.30. The number of rotatable bonds is 5. The molecule has 3 heterocycles. The van der Waals surface area contributed by atoms with Crippen LogP contribution < -0.4 is 10.2 Å². The van der Waals surface area contributed by atoms with Crippen molar-refractivity contribution in [2.75, 3.05) is 18.0 Å². The SMILES string of the molecule is O=C(NC(c1ccccc1)c1nnc(N2CCCCC2)o1)c1ccco1. The van der Waals surface area contributed by atoms with Crippen LogP contribution in [-0.4, -0.2) is 29.2 Å². The molecule has 1 atom stereocenters. The van der Waals surface area contributed by atoms with Crippen molar-refractivity contribution in [3.8, 4) is 0 Å². The first-order chi connectivity index (χ1) is 12.8. The summed E-state index contributed by atoms with van der Waals surface area (Å²) in [5.74, 6) is 0.264. The highest BCUT2D eigenvalue weighted by Crippen LogP contribution is 2.25. The lowest BCUT2D eigenvalue weighted by molar-refractivity contribution is 0.0910. The van der Waals surface area contributed by atoms with E-state index in [1.807, 2.05) is 30.3 Å². The summed E-state index contributed by atoms with van der Waals surface area (Å²) in [7, 11) is 0. The molecule has 1 unspecified atom stereocenters. The smallest absolute Gasteiger partial charge is 0.318 e. The number of hydrogen-bond donors (Lipinski definition) is 1. The highest BCUT2D eigenvalue weighted by Gasteiger charge is 2.26. The van der Waals surface area contributed by atoms with Gasteiger partial charge >= 0.3 is 6.01 Å². The molecule has 4 rings (SSSR count). The van der Waals surface area contributed by atoms with Crippen LogP contribution in [0.1, 0.15) is 47.3 Å². The molecule has 0 aliphatic carbocycles. The molecular weight excluding hydrogens is 332 g/mol. The Hall–Kier alpha value is -3.09. The van der Waals surface area contributed by atoms with Gasteiger partial charge in [-0.25, -0.2) is 0 Å². The van der Waals surface area contributed by atoms with Crippen molar-refractivity contribution in [3.63, 3.8) is 0 Å². The number of piperidine rings is 1. The Morgan fingerprint density at radius 3 is 2.58 bits per heavy atom. The average Bonchev–Trinajstić information content (AvgIpc) is 3.39. The number of nitrogens with zero attached hydrogens (tertiary/aromatic N) is 3. The molecule has 2 aromatic heterocycles. The zero-order chi connectivity index (χ0) is 17.8. The van der Waals surface area contributed by atoms with Crippen LogP contribution in [-0.2, 0) is 0 Å². The van der Waals surface area contributed by atoms with Crippen molar-refractivity contribution >= 4 is 11.9 Å². The molecule has 1 N–H and O–H groups in total. The third-order valence-electron chi connectivity index (χ3n) is 4.46. The van der Waals surface area contributed by atoms with E-state index in [4.69, 9.17) is 8.83 Å². The molecule has 3 aromatic rings. The normalized spacial score (nSPS) is 15.6. The quantitative estimate of drug-likeness (QED) is 0.759. The maximum atomic E-state index is 12.5. The Labute approximate surface area is 151 Å². The van der Waals surface area contributed by atoms with Gasteiger partial charge in [-0.15, -0.1) is 5.10 Å². The first kappa shape index (κ1) is 16.4. The molecule has 1 aliphatic heterocycles. The molecule has 26 heavy (non-hydrogen) atoms. The fourth-order valence-electron chi connectivity index (χ4n) is 3.10. The van der Waals surface area contributed by atoms with Gasteiger partial charge in [-0.3, -0.25) is 4.79 Å². The van der Waals surface area contributed by atoms with Crippen molar-refractivity contribution in [1.29, 1.82) is 0 Å². The maximum absolute atomic E-state index is 12.5. The monoisotopic (exact) mass is 352 g/mol. The average molecular weight is 352 g/mol. The van der Waals surface area contributed by atoms with Crippen molar-refractivity contribution in [1.82, 2.24) is 15.5 Å². The van der Waals surface area contributed by atoms with Gasteiger partial charge in [0.1, 0.15) is 6.04 Å². The summed E-state index contributed by atoms with van der Waals surface area (Å²) in [6, 6.07) is 12.8. The molecule has 1 fully saturated rings. The number of nitrogens with one attached hydrogen (secondary N) is 1. The van der Waals surface area contributed by atoms with E-state index in [9.17, 15) is 4.79 Å². The molecule has 0 saturated carbocycles. The van der Waals surface area contributed by atoms with Gasteiger partial charge in [0.05, 0.1) is 6.26 Å². The standard InChI is InChI=1S/C19H20N4O3/c24-17(15-10-7-13-25-15)20-16(14-8-3-1-4-9-14)18-21-22-19(26-18)23-11-5-2-6-12-23/h1,3-4,7-10,13,16H,2,5-6,11-12H2,(H,20,24). The van der Waals surface area contributed by atoms with E-state index in [2.05, 4.69) is 20.4 Å². The third-order valence-corrected chi connectivity index (χ3v) is 4.46. The van der Waals surface area contributed by atoms with Crippen molar-refractivity contribution in [2.45, 2.75) is 25.3 Å². The van der Waals surface area contributed by atoms with Crippen molar-refractivity contribution in [2.24, 2.45) is 0 Å². The molecule has 7 heteroatoms. The molecular formula is C19H20N4O3. The second kappa shape index (κ2) is 7.43. The molecule has 0 radical (unpaired) electrons. The van der Waals surface area contributed by atoms with E-state index < -0.39 is 6.04 Å². The minimum atomic E-state index is -0.542. The second-order valence-corrected chi connectivity index (χ2v) is 6.27. The molecule has 1 amide bonds. The Morgan fingerprint density at radius 2 is 1.85 bits per heavy atom. The van der Waals surface area contributed by atoms with Gasteiger partial charge < -0.3 is 19.1 Å². The number of hydrogen-bond acceptors (Lipinski definition) is 6. The summed E-state index contributed by atoms with van der Waals surface area (Å²) in [6.45, 7) is 1.83. The summed E-state index contributed by atoms with van der Waals surface area (Å²) >= 11 is 0. The van der Waals surface area contributed by atoms with Gasteiger partial charge in [0.25, 0.3) is 5.91 Å². The van der Waals surface area contributed by atoms with Gasteiger partial charge in [-0.2, -0.15) is 0 Å². The molecule has 0 bridgehead atoms. The van der Waals surface area contributed by atoms with E-state index in [-0.39, 0.29) is 11.7 Å². The number of carbonyl (C=O) groups is 1. The van der Waals surface area contributed by atoms with Gasteiger partial charge in [-0.1, -0.05) is 35.4 Å². The van der Waals surface area contributed by atoms with Gasteiger partial charge in [0, 0.05) is 13.1 Å². The summed E-state index contributed by atoms with van der Waals surface area (Å²) in [5.41, 5.74) is 0.862. The van der Waals surface area contributed by atoms with Crippen LogP contribution in [0.3, 0.4) is 0 Å². The zero-order valence-electron chi connectivity index (χ0n) is 14.3. The largest absolute Gasteiger partial charge is 0.459 e. The van der Waals surface area contributed by atoms with E-state index >= 15 is 0 Å². The van der Waals surface area contributed by atoms with E-state index in [1.54, 1.807) is 12.1 Å². The highest BCUT2D eigenvalue weighted by molar-refractivity contribution is 5.91. The van der Waals surface area contributed by atoms with E-state index in [0.717, 1.165) is 31.5 Å². The first-order valence-corrected chi connectivity index (χ1v) is 8.79. The van der Waals surface area contributed by atoms with Crippen LogP contribution in [0.25, 0.3) is 0 Å². The van der Waals surface area contributed by atoms with Gasteiger partial charge in [-0.05, 0) is 37.0 Å². The molecule has 1 aliphatic rings. The fourth-order valence-corrected chi connectivity index (χ4v) is 3.10. The highest BCUT2D eigenvalue weighted by atomic mass is 16.4. The predicted molar refractivity (Wildman–Crippen MR) is 94.8 cm³/mol. The molecule has 7 nitrogen and oxygen atoms in total. The number of aromatic nitrogens is 2. The maximum Gasteiger partial charge on any atom is 0.318 e. The minimum absolute atomic E-state index is 0.238. The van der Waals surface area contributed by atoms with E-state index in [0.29, 0.717) is 11.9 Å². The Bertz CT molecular complexity index is 839. The first-order valence-electron chi connectivity index (χ1n) is 8.79. The number of anilines is 1. The van der Waals surface area contributed by atoms with Crippen LogP contribution >= 0.6 is 0 Å². The number of furan rings is 1. The predicted octanol–water partition coefficient (Wildman–Crippen LogP) is 3.17. The minimum Gasteiger partial charge on any atom is -0.459 e. The summed E-state index contributed by atoms with van der Waals surface area (Å²) in [4.78, 5) is 14.6. The van der Waals surface area contributed by atoms with Gasteiger partial charge in [0.15, 0.2) is 5.76 Å². The van der Waals surface area contributed by atoms with Crippen molar-refractivity contribution < 1.29 is 13.6 Å². The number of carbonyl (C=O) groups excluding carboxylic acids is 1. The Kier molecular flexibility index (Phi) is 4.68. The van der Waals surface area contributed by atoms with Crippen LogP contribution in [0.5, 0.6) is 0 Å². The molecule has 1 aromatic carbocycles. The second-order valence-electron chi connectivity index (χ2n) is 6.27. The molecule has 1 saturated heterocycles. The fraction of sp³-hybridized carbons (Fsp3) is 0.316. The summed E-state index contributed by atoms with van der Waals surface area (Å²) in [5, 5.41) is 11.3. The Morgan fingerprint density at radius 1 is 1.04 bits per heavy atom. The summed E-state index contributed by atoms with van der Waals surface area (Å²) < 4.78 is 11.1. The van der Waals surface area contributed by atoms with Crippen LogP contribution in [0.4, 0.5) is 6.01 Å². The van der Waals surface area contributed by atoms with E-state index in [1.165, 1.54) is 12.7 Å². The lowest BCUT2D eigenvalue weighted by Gasteiger charge is -2.24. The molecule has 0 spiro atoms. The zero-order valence-corrected chi connectivity index (χ0v) is 14.3.